The second kappa shape index (κ2) is 7.65. The number of nitrogens with one attached hydrogen (secondary N) is 2. The van der Waals surface area contributed by atoms with Gasteiger partial charge in [0, 0.05) is 31.6 Å². The first-order chi connectivity index (χ1) is 11.1. The predicted octanol–water partition coefficient (Wildman–Crippen LogP) is -0.00330. The van der Waals surface area contributed by atoms with E-state index in [1.807, 2.05) is 12.1 Å². The van der Waals surface area contributed by atoms with Gasteiger partial charge in [-0.2, -0.15) is 0 Å². The Labute approximate surface area is 144 Å². The highest BCUT2D eigenvalue weighted by Crippen LogP contribution is 2.31. The Bertz CT molecular complexity index is 819. The van der Waals surface area contributed by atoms with Crippen molar-refractivity contribution in [3.63, 3.8) is 0 Å². The van der Waals surface area contributed by atoms with Crippen molar-refractivity contribution in [3.05, 3.63) is 39.7 Å². The SMILES string of the molecule is Cl.O=C(NCCNCCO)c1c(O)c2cccc3c2n(c1=O)CC3. The molecule has 0 saturated heterocycles. The minimum absolute atomic E-state index is 0. The number of halogens is 1. The molecular formula is C16H20ClN3O4. The Morgan fingerprint density at radius 1 is 1.25 bits per heavy atom. The maximum atomic E-state index is 12.5. The summed E-state index contributed by atoms with van der Waals surface area (Å²) in [5.41, 5.74) is 1.06. The van der Waals surface area contributed by atoms with Crippen LogP contribution in [-0.2, 0) is 13.0 Å². The monoisotopic (exact) mass is 353 g/mol. The molecule has 0 unspecified atom stereocenters. The zero-order chi connectivity index (χ0) is 16.4. The number of nitrogens with zero attached hydrogens (tertiary/aromatic N) is 1. The lowest BCUT2D eigenvalue weighted by Crippen LogP contribution is -2.36. The van der Waals surface area contributed by atoms with Crippen LogP contribution in [0.15, 0.2) is 23.0 Å². The number of hydrogen-bond donors (Lipinski definition) is 4. The van der Waals surface area contributed by atoms with E-state index in [0.29, 0.717) is 31.6 Å². The molecule has 0 radical (unpaired) electrons. The molecule has 0 fully saturated rings. The Morgan fingerprint density at radius 3 is 2.79 bits per heavy atom. The van der Waals surface area contributed by atoms with Gasteiger partial charge < -0.3 is 25.4 Å². The van der Waals surface area contributed by atoms with Gasteiger partial charge in [0.05, 0.1) is 12.1 Å². The number of pyridine rings is 1. The molecule has 1 aromatic carbocycles. The fourth-order valence-corrected chi connectivity index (χ4v) is 2.98. The topological polar surface area (TPSA) is 104 Å². The van der Waals surface area contributed by atoms with Crippen molar-refractivity contribution in [1.82, 2.24) is 15.2 Å². The minimum Gasteiger partial charge on any atom is -0.506 e. The number of aryl methyl sites for hydroxylation is 2. The van der Waals surface area contributed by atoms with Crippen molar-refractivity contribution in [3.8, 4) is 5.75 Å². The molecule has 1 amide bonds. The molecule has 3 rings (SSSR count). The van der Waals surface area contributed by atoms with E-state index in [2.05, 4.69) is 10.6 Å². The van der Waals surface area contributed by atoms with Crippen LogP contribution < -0.4 is 16.2 Å². The molecule has 1 aliphatic heterocycles. The molecule has 0 bridgehead atoms. The third kappa shape index (κ3) is 3.10. The molecule has 8 heteroatoms. The van der Waals surface area contributed by atoms with Gasteiger partial charge in [-0.1, -0.05) is 12.1 Å². The van der Waals surface area contributed by atoms with E-state index in [1.54, 1.807) is 10.6 Å². The number of hydrogen-bond acceptors (Lipinski definition) is 5. The Morgan fingerprint density at radius 2 is 2.04 bits per heavy atom. The Hall–Kier alpha value is -2.09. The largest absolute Gasteiger partial charge is 0.506 e. The first-order valence-electron chi connectivity index (χ1n) is 7.62. The van der Waals surface area contributed by atoms with Gasteiger partial charge in [-0.3, -0.25) is 9.59 Å². The summed E-state index contributed by atoms with van der Waals surface area (Å²) in [5.74, 6) is -0.841. The summed E-state index contributed by atoms with van der Waals surface area (Å²) in [6, 6.07) is 5.46. The molecule has 1 aromatic heterocycles. The van der Waals surface area contributed by atoms with Gasteiger partial charge in [-0.15, -0.1) is 12.4 Å². The van der Waals surface area contributed by atoms with Crippen LogP contribution >= 0.6 is 12.4 Å². The van der Waals surface area contributed by atoms with Gasteiger partial charge in [-0.05, 0) is 18.1 Å². The van der Waals surface area contributed by atoms with Crippen molar-refractivity contribution in [2.75, 3.05) is 26.2 Å². The molecule has 0 spiro atoms. The highest BCUT2D eigenvalue weighted by atomic mass is 35.5. The number of carbonyl (C=O) groups excluding carboxylic acids is 1. The van der Waals surface area contributed by atoms with Crippen LogP contribution in [0, 0.1) is 0 Å². The van der Waals surface area contributed by atoms with E-state index in [-0.39, 0.29) is 30.3 Å². The first-order valence-corrected chi connectivity index (χ1v) is 7.62. The van der Waals surface area contributed by atoms with Crippen LogP contribution in [0.5, 0.6) is 5.75 Å². The third-order valence-electron chi connectivity index (χ3n) is 4.05. The van der Waals surface area contributed by atoms with Gasteiger partial charge in [0.2, 0.25) is 0 Å². The second-order valence-electron chi connectivity index (χ2n) is 5.47. The normalized spacial score (nSPS) is 12.2. The quantitative estimate of drug-likeness (QED) is 0.547. The second-order valence-corrected chi connectivity index (χ2v) is 5.47. The van der Waals surface area contributed by atoms with E-state index in [4.69, 9.17) is 5.11 Å². The number of aliphatic hydroxyl groups excluding tert-OH is 1. The summed E-state index contributed by atoms with van der Waals surface area (Å²) in [6.45, 7) is 1.75. The lowest BCUT2D eigenvalue weighted by molar-refractivity contribution is 0.0949. The highest BCUT2D eigenvalue weighted by molar-refractivity contribution is 6.03. The average molecular weight is 354 g/mol. The number of amides is 1. The van der Waals surface area contributed by atoms with Crippen molar-refractivity contribution in [1.29, 1.82) is 0 Å². The summed E-state index contributed by atoms with van der Waals surface area (Å²) >= 11 is 0. The minimum atomic E-state index is -0.582. The van der Waals surface area contributed by atoms with Crippen LogP contribution in [0.1, 0.15) is 15.9 Å². The molecule has 4 N–H and O–H groups in total. The molecule has 0 aliphatic carbocycles. The number of carbonyl (C=O) groups is 1. The van der Waals surface area contributed by atoms with Gasteiger partial charge >= 0.3 is 0 Å². The molecule has 0 atom stereocenters. The van der Waals surface area contributed by atoms with Gasteiger partial charge in [0.15, 0.2) is 0 Å². The lowest BCUT2D eigenvalue weighted by atomic mass is 10.1. The number of aliphatic hydroxyl groups is 1. The molecule has 0 saturated carbocycles. The van der Waals surface area contributed by atoms with Crippen LogP contribution in [0.3, 0.4) is 0 Å². The molecular weight excluding hydrogens is 334 g/mol. The van der Waals surface area contributed by atoms with E-state index >= 15 is 0 Å². The molecule has 1 aliphatic rings. The van der Waals surface area contributed by atoms with Gasteiger partial charge in [-0.25, -0.2) is 0 Å². The van der Waals surface area contributed by atoms with E-state index in [1.165, 1.54) is 0 Å². The van der Waals surface area contributed by atoms with Crippen LogP contribution in [-0.4, -0.2) is 46.9 Å². The Kier molecular flexibility index (Phi) is 5.82. The van der Waals surface area contributed by atoms with Crippen molar-refractivity contribution in [2.24, 2.45) is 0 Å². The average Bonchev–Trinajstić information content (AvgIpc) is 2.98. The summed E-state index contributed by atoms with van der Waals surface area (Å²) in [7, 11) is 0. The van der Waals surface area contributed by atoms with Crippen molar-refractivity contribution < 1.29 is 15.0 Å². The molecule has 2 aromatic rings. The van der Waals surface area contributed by atoms with E-state index < -0.39 is 11.5 Å². The zero-order valence-corrected chi connectivity index (χ0v) is 13.9. The summed E-state index contributed by atoms with van der Waals surface area (Å²) in [5, 5.41) is 25.1. The summed E-state index contributed by atoms with van der Waals surface area (Å²) < 4.78 is 1.56. The summed E-state index contributed by atoms with van der Waals surface area (Å²) in [6.07, 6.45) is 0.724. The fraction of sp³-hybridized carbons (Fsp3) is 0.375. The molecule has 24 heavy (non-hydrogen) atoms. The first kappa shape index (κ1) is 18.3. The standard InChI is InChI=1S/C16H19N3O4.ClH/c20-9-7-17-5-6-18-15(22)12-14(21)11-3-1-2-10-4-8-19(13(10)11)16(12)23;/h1-3,17,20-21H,4-9H2,(H,18,22);1H. The van der Waals surface area contributed by atoms with E-state index in [9.17, 15) is 14.7 Å². The summed E-state index contributed by atoms with van der Waals surface area (Å²) in [4.78, 5) is 24.8. The number of para-hydroxylation sites is 1. The Balaban J connectivity index is 0.00000208. The number of aromatic nitrogens is 1. The van der Waals surface area contributed by atoms with Crippen LogP contribution in [0.2, 0.25) is 0 Å². The van der Waals surface area contributed by atoms with Crippen molar-refractivity contribution in [2.45, 2.75) is 13.0 Å². The van der Waals surface area contributed by atoms with Gasteiger partial charge in [0.1, 0.15) is 11.3 Å². The highest BCUT2D eigenvalue weighted by Gasteiger charge is 2.25. The number of rotatable bonds is 6. The van der Waals surface area contributed by atoms with Crippen LogP contribution in [0.25, 0.3) is 10.9 Å². The molecule has 2 heterocycles. The smallest absolute Gasteiger partial charge is 0.267 e. The van der Waals surface area contributed by atoms with Crippen LogP contribution in [0.4, 0.5) is 0 Å². The zero-order valence-electron chi connectivity index (χ0n) is 13.0. The van der Waals surface area contributed by atoms with Gasteiger partial charge in [0.25, 0.3) is 11.5 Å². The fourth-order valence-electron chi connectivity index (χ4n) is 2.98. The maximum absolute atomic E-state index is 12.5. The third-order valence-corrected chi connectivity index (χ3v) is 4.05. The lowest BCUT2D eigenvalue weighted by Gasteiger charge is -2.11. The predicted molar refractivity (Wildman–Crippen MR) is 93.1 cm³/mol. The maximum Gasteiger partial charge on any atom is 0.267 e. The number of benzene rings is 1. The van der Waals surface area contributed by atoms with E-state index in [0.717, 1.165) is 17.5 Å². The number of aromatic hydroxyl groups is 1. The molecule has 7 nitrogen and oxygen atoms in total. The molecule has 130 valence electrons. The van der Waals surface area contributed by atoms with Crippen molar-refractivity contribution >= 4 is 29.2 Å².